The number of ether oxygens (including phenoxy) is 4. The van der Waals surface area contributed by atoms with E-state index in [1.807, 2.05) is 79.9 Å². The first kappa shape index (κ1) is 98.7. The largest absolute Gasteiger partial charge is 0.387 e. The number of hydrogen-bond acceptors (Lipinski definition) is 22. The Morgan fingerprint density at radius 3 is 1.09 bits per heavy atom. The normalized spacial score (nSPS) is 40.8. The number of pyridine rings is 4. The molecule has 8 aromatic heterocycles. The maximum absolute atomic E-state index is 13.6. The van der Waals surface area contributed by atoms with Crippen LogP contribution in [-0.4, -0.2) is 188 Å². The summed E-state index contributed by atoms with van der Waals surface area (Å²) >= 11 is 0. The predicted molar refractivity (Wildman–Crippen MR) is 534 cm³/mol. The highest BCUT2D eigenvalue weighted by atomic mass is 16.5. The first-order valence-electron chi connectivity index (χ1n) is 55.8. The van der Waals surface area contributed by atoms with Crippen LogP contribution in [-0.2, 0) is 64.3 Å². The standard InChI is InChI=1S/2C29H41N3O3.2C28H40N4O3/c1-3-35-18-29(34)12-9-21-19(14-29)4-5-23-22(21)8-11-28(2)24(23)6-7-25(28)27(33)17-32-16-20-10-13-30-15-26(20)31-32;1-3-35-18-29(34)12-9-21-19(14-29)4-5-23-22(21)8-11-28(2)24(23)6-7-25(28)27(33)17-32-26-16-30-13-10-20(26)15-31-32;1-3-35-17-28(34)12-9-19-18(14-28)4-5-21-20(19)8-11-27(2)22(21)6-7-23(27)26(33)16-32-25-10-13-29-15-24(25)30-31-32;1-3-35-17-28(34)12-9-19-18(14-28)4-5-21-20(19)8-11-27(2)22(21)6-7-23(27)26(33)16-32-30-24-10-13-29-15-25(24)31-32/h2*10,13,15-16,19,21-25,34H,3-9,11-12,14,17-18H2,1-2H3;2*10,13,15,18-23,34H,3-9,11-12,14,16-17H2,1-2H3/t2*19-,21-,22+,23+,24-,25+,28-,29+;2*18-,19-,20+,21+,22-,23+,27-,28+/m0000/s1. The van der Waals surface area contributed by atoms with Crippen molar-refractivity contribution in [3.8, 4) is 0 Å². The number of carbonyl (C=O) groups is 4. The third kappa shape index (κ3) is 18.7. The van der Waals surface area contributed by atoms with Crippen molar-refractivity contribution in [1.29, 1.82) is 0 Å². The van der Waals surface area contributed by atoms with Crippen molar-refractivity contribution in [2.75, 3.05) is 52.9 Å². The van der Waals surface area contributed by atoms with Gasteiger partial charge in [0.05, 0.1) is 97.4 Å². The van der Waals surface area contributed by atoms with Gasteiger partial charge >= 0.3 is 0 Å². The van der Waals surface area contributed by atoms with E-state index in [0.29, 0.717) is 143 Å². The fourth-order valence-corrected chi connectivity index (χ4v) is 36.6. The number of fused-ring (bicyclic) bond motifs is 24. The van der Waals surface area contributed by atoms with E-state index in [1.54, 1.807) is 52.9 Å². The number of Topliss-reactive ketones (excluding diaryl/α,β-unsaturated/α-hetero) is 4. The molecule has 16 fully saturated rings. The van der Waals surface area contributed by atoms with Gasteiger partial charge in [-0.05, 0) is 423 Å². The molecule has 32 atom stereocenters. The van der Waals surface area contributed by atoms with Crippen LogP contribution in [0.15, 0.2) is 86.2 Å². The monoisotopic (exact) mass is 1920 g/mol. The molecule has 0 saturated heterocycles. The molecule has 140 heavy (non-hydrogen) atoms. The molecule has 16 aliphatic carbocycles. The molecule has 0 unspecified atom stereocenters. The van der Waals surface area contributed by atoms with Gasteiger partial charge in [0.15, 0.2) is 23.1 Å². The summed E-state index contributed by atoms with van der Waals surface area (Å²) in [6.45, 7) is 23.7. The lowest BCUT2D eigenvalue weighted by atomic mass is 9.49. The van der Waals surface area contributed by atoms with Crippen LogP contribution >= 0.6 is 0 Å². The van der Waals surface area contributed by atoms with E-state index in [1.165, 1.54) is 116 Å². The van der Waals surface area contributed by atoms with E-state index in [-0.39, 0.29) is 51.9 Å². The van der Waals surface area contributed by atoms with Gasteiger partial charge in [0.1, 0.15) is 41.7 Å². The summed E-state index contributed by atoms with van der Waals surface area (Å²) in [4.78, 5) is 72.6. The first-order chi connectivity index (χ1) is 67.6. The van der Waals surface area contributed by atoms with E-state index < -0.39 is 22.4 Å². The summed E-state index contributed by atoms with van der Waals surface area (Å²) in [5, 5.41) is 73.1. The molecule has 26 nitrogen and oxygen atoms in total. The number of nitrogens with zero attached hydrogens (tertiary/aromatic N) is 14. The quantitative estimate of drug-likeness (QED) is 0.0436. The van der Waals surface area contributed by atoms with E-state index >= 15 is 0 Å². The summed E-state index contributed by atoms with van der Waals surface area (Å²) in [5.74, 6) is 16.1. The van der Waals surface area contributed by atoms with Crippen LogP contribution in [0.5, 0.6) is 0 Å². The van der Waals surface area contributed by atoms with Gasteiger partial charge in [-0.2, -0.15) is 25.2 Å². The van der Waals surface area contributed by atoms with Gasteiger partial charge in [-0.25, -0.2) is 4.68 Å². The van der Waals surface area contributed by atoms with Crippen molar-refractivity contribution in [3.63, 3.8) is 0 Å². The summed E-state index contributed by atoms with van der Waals surface area (Å²) in [5.41, 5.74) is 2.93. The highest BCUT2D eigenvalue weighted by Gasteiger charge is 2.65. The first-order valence-corrected chi connectivity index (χ1v) is 55.8. The lowest BCUT2D eigenvalue weighted by molar-refractivity contribution is -0.138. The Morgan fingerprint density at radius 1 is 0.329 bits per heavy atom. The molecule has 0 bridgehead atoms. The maximum atomic E-state index is 13.6. The van der Waals surface area contributed by atoms with E-state index in [2.05, 4.69) is 78.3 Å². The van der Waals surface area contributed by atoms with Crippen LogP contribution in [0.2, 0.25) is 0 Å². The molecule has 16 saturated carbocycles. The number of aromatic nitrogens is 14. The number of hydrogen-bond donors (Lipinski definition) is 4. The van der Waals surface area contributed by atoms with Crippen molar-refractivity contribution in [1.82, 2.24) is 69.5 Å². The van der Waals surface area contributed by atoms with Gasteiger partial charge in [-0.15, -0.1) is 5.10 Å². The summed E-state index contributed by atoms with van der Waals surface area (Å²) in [6, 6.07) is 7.65. The van der Waals surface area contributed by atoms with Gasteiger partial charge in [0, 0.05) is 91.9 Å². The minimum Gasteiger partial charge on any atom is -0.387 e. The summed E-state index contributed by atoms with van der Waals surface area (Å²) in [6.07, 6.45) is 58.0. The zero-order valence-electron chi connectivity index (χ0n) is 85.2. The van der Waals surface area contributed by atoms with E-state index in [9.17, 15) is 39.6 Å². The van der Waals surface area contributed by atoms with Crippen LogP contribution in [0.4, 0.5) is 0 Å². The van der Waals surface area contributed by atoms with Gasteiger partial charge in [0.25, 0.3) is 0 Å². The molecule has 0 radical (unpaired) electrons. The van der Waals surface area contributed by atoms with Crippen LogP contribution in [0.1, 0.15) is 287 Å². The summed E-state index contributed by atoms with van der Waals surface area (Å²) < 4.78 is 28.0. The van der Waals surface area contributed by atoms with Crippen LogP contribution in [0, 0.1) is 164 Å². The Hall–Kier alpha value is -7.30. The fraction of sp³-hybridized carbons (Fsp3) is 0.772. The molecule has 0 aromatic carbocycles. The molecule has 0 spiro atoms. The van der Waals surface area contributed by atoms with Crippen LogP contribution < -0.4 is 0 Å². The number of aliphatic hydroxyl groups is 4. The molecule has 8 aromatic rings. The molecule has 8 heterocycles. The zero-order valence-corrected chi connectivity index (χ0v) is 85.2. The highest BCUT2D eigenvalue weighted by Crippen LogP contribution is 2.71. The lowest BCUT2D eigenvalue weighted by Gasteiger charge is -2.57. The molecule has 0 aliphatic heterocycles. The average Bonchev–Trinajstić information content (AvgIpc) is 1.49. The Kier molecular flexibility index (Phi) is 28.3. The molecule has 16 aliphatic rings. The zero-order chi connectivity index (χ0) is 96.8. The van der Waals surface area contributed by atoms with Gasteiger partial charge < -0.3 is 39.4 Å². The minimum absolute atomic E-state index is 0.101. The second-order valence-electron chi connectivity index (χ2n) is 49.4. The molecule has 26 heteroatoms. The Bertz CT molecular complexity index is 5280. The van der Waals surface area contributed by atoms with Gasteiger partial charge in [0.2, 0.25) is 0 Å². The Balaban J connectivity index is 0.000000111. The Morgan fingerprint density at radius 2 is 0.679 bits per heavy atom. The van der Waals surface area contributed by atoms with Crippen molar-refractivity contribution < 1.29 is 58.6 Å². The summed E-state index contributed by atoms with van der Waals surface area (Å²) in [7, 11) is 0. The second-order valence-corrected chi connectivity index (χ2v) is 49.4. The smallest absolute Gasteiger partial charge is 0.159 e. The molecule has 24 rings (SSSR count). The molecule has 0 amide bonds. The maximum Gasteiger partial charge on any atom is 0.159 e. The van der Waals surface area contributed by atoms with Gasteiger partial charge in [-0.1, -0.05) is 32.9 Å². The lowest BCUT2D eigenvalue weighted by Crippen LogP contribution is -2.52. The van der Waals surface area contributed by atoms with Crippen molar-refractivity contribution in [2.24, 2.45) is 164 Å². The molecule has 4 N–H and O–H groups in total. The van der Waals surface area contributed by atoms with Crippen LogP contribution in [0.25, 0.3) is 43.9 Å². The van der Waals surface area contributed by atoms with Crippen LogP contribution in [0.3, 0.4) is 0 Å². The minimum atomic E-state index is -0.626. The van der Waals surface area contributed by atoms with Crippen molar-refractivity contribution in [2.45, 2.75) is 335 Å². The third-order valence-electron chi connectivity index (χ3n) is 42.8. The van der Waals surface area contributed by atoms with E-state index in [0.717, 1.165) is 230 Å². The molecule has 760 valence electrons. The van der Waals surface area contributed by atoms with E-state index in [4.69, 9.17) is 18.9 Å². The number of ketones is 4. The third-order valence-corrected chi connectivity index (χ3v) is 42.8. The van der Waals surface area contributed by atoms with Gasteiger partial charge in [-0.3, -0.25) is 48.5 Å². The average molecular weight is 1920 g/mol. The predicted octanol–water partition coefficient (Wildman–Crippen LogP) is 18.9. The number of rotatable bonds is 24. The SMILES string of the molecule is CCOC[C@@]1(O)CC[C@H]2[C@@H](CC[C@@H]3[C@@H]2CC[C@]2(C)[C@@H](C(=O)Cn4cc5ccncc5n4)CC[C@@H]32)C1.CCOC[C@@]1(O)CC[C@H]2[C@@H](CC[C@@H]3[C@@H]2CC[C@]2(C)[C@@H](C(=O)Cn4nc5ccncc5n4)CC[C@@H]32)C1.CCOC[C@@]1(O)CC[C@H]2[C@@H](CC[C@@H]3[C@@H]2CC[C@]2(C)[C@@H](C(=O)Cn4ncc5ccncc54)CC[C@@H]32)C1.CCOC[C@@]1(O)CC[C@H]2[C@@H](CC[C@@H]3[C@@H]2CC[C@]2(C)[C@@H](C(=O)Cn4nnc5cnccc54)CC[C@@H]32)C1. The molecular formula is C114H162N14O12. The fourth-order valence-electron chi connectivity index (χ4n) is 36.6. The highest BCUT2D eigenvalue weighted by molar-refractivity contribution is 5.87. The Labute approximate surface area is 828 Å². The topological polar surface area (TPSA) is 335 Å². The van der Waals surface area contributed by atoms with Crippen molar-refractivity contribution >= 4 is 67.0 Å². The van der Waals surface area contributed by atoms with Crippen molar-refractivity contribution in [3.05, 3.63) is 86.2 Å². The number of carbonyl (C=O) groups excluding carboxylic acids is 4. The second kappa shape index (κ2) is 40.2. The molecular weight excluding hydrogens is 1760 g/mol.